The van der Waals surface area contributed by atoms with Gasteiger partial charge in [0.15, 0.2) is 0 Å². The summed E-state index contributed by atoms with van der Waals surface area (Å²) in [6, 6.07) is 5.37. The molecule has 0 radical (unpaired) electrons. The molecule has 1 amide bonds. The Balaban J connectivity index is 1.81. The lowest BCUT2D eigenvalue weighted by Gasteiger charge is -2.02. The van der Waals surface area contributed by atoms with Crippen molar-refractivity contribution in [2.45, 2.75) is 13.8 Å². The molecule has 10 heteroatoms. The highest BCUT2D eigenvalue weighted by molar-refractivity contribution is 7.92. The van der Waals surface area contributed by atoms with Gasteiger partial charge in [0, 0.05) is 22.2 Å². The molecule has 0 spiro atoms. The fourth-order valence-electron chi connectivity index (χ4n) is 2.25. The normalized spacial score (nSPS) is 11.6. The van der Waals surface area contributed by atoms with Gasteiger partial charge in [-0.25, -0.2) is 8.42 Å². The number of nitrogens with zero attached hydrogens (tertiary/aromatic N) is 2. The molecule has 0 saturated carbocycles. The number of aromatic nitrogens is 3. The summed E-state index contributed by atoms with van der Waals surface area (Å²) >= 11 is 0.943. The van der Waals surface area contributed by atoms with Crippen LogP contribution in [-0.2, 0) is 10.0 Å². The second-order valence-corrected chi connectivity index (χ2v) is 8.10. The van der Waals surface area contributed by atoms with Gasteiger partial charge in [-0.15, -0.1) is 10.2 Å². The molecule has 8 nitrogen and oxygen atoms in total. The number of hydrogen-bond acceptors (Lipinski definition) is 6. The third kappa shape index (κ3) is 3.39. The summed E-state index contributed by atoms with van der Waals surface area (Å²) in [6.45, 7) is 3.97. The summed E-state index contributed by atoms with van der Waals surface area (Å²) < 4.78 is 24.5. The highest BCUT2D eigenvalue weighted by Crippen LogP contribution is 2.24. The number of aryl methyl sites for hydroxylation is 2. The standard InChI is InChI=1S/C14H15N5O3S2/c1-7-8(2)15-11-5-4-9(6-10(7)11)12(20)16-13-17-18-14(23-13)19-24(3,21)22/h4-6,15H,1-3H3,(H,18,19)(H,16,17,20). The Morgan fingerprint density at radius 2 is 1.92 bits per heavy atom. The van der Waals surface area contributed by atoms with E-state index in [1.165, 1.54) is 0 Å². The average Bonchev–Trinajstić information content (AvgIpc) is 3.02. The number of amides is 1. The largest absolute Gasteiger partial charge is 0.358 e. The Labute approximate surface area is 142 Å². The van der Waals surface area contributed by atoms with E-state index in [4.69, 9.17) is 0 Å². The molecule has 0 aliphatic carbocycles. The van der Waals surface area contributed by atoms with Gasteiger partial charge in [0.05, 0.1) is 6.26 Å². The maximum atomic E-state index is 12.3. The van der Waals surface area contributed by atoms with Crippen LogP contribution in [0.2, 0.25) is 0 Å². The van der Waals surface area contributed by atoms with Crippen molar-refractivity contribution in [3.8, 4) is 0 Å². The maximum Gasteiger partial charge on any atom is 0.257 e. The van der Waals surface area contributed by atoms with Crippen molar-refractivity contribution in [1.82, 2.24) is 15.2 Å². The first-order valence-electron chi connectivity index (χ1n) is 6.94. The molecule has 3 N–H and O–H groups in total. The second kappa shape index (κ2) is 5.87. The van der Waals surface area contributed by atoms with Gasteiger partial charge in [0.2, 0.25) is 20.3 Å². The number of nitrogens with one attached hydrogen (secondary N) is 3. The van der Waals surface area contributed by atoms with Crippen LogP contribution in [0.4, 0.5) is 10.3 Å². The number of anilines is 2. The summed E-state index contributed by atoms with van der Waals surface area (Å²) in [4.78, 5) is 15.6. The first-order chi connectivity index (χ1) is 11.2. The zero-order chi connectivity index (χ0) is 17.5. The molecule has 2 aromatic heterocycles. The first kappa shape index (κ1) is 16.4. The van der Waals surface area contributed by atoms with E-state index in [1.807, 2.05) is 19.9 Å². The fraction of sp³-hybridized carbons (Fsp3) is 0.214. The van der Waals surface area contributed by atoms with Crippen LogP contribution in [-0.4, -0.2) is 35.8 Å². The number of carbonyl (C=O) groups is 1. The van der Waals surface area contributed by atoms with Crippen molar-refractivity contribution in [3.05, 3.63) is 35.0 Å². The van der Waals surface area contributed by atoms with E-state index in [1.54, 1.807) is 12.1 Å². The van der Waals surface area contributed by atoms with Gasteiger partial charge in [0.25, 0.3) is 5.91 Å². The Hall–Kier alpha value is -2.46. The first-order valence-corrected chi connectivity index (χ1v) is 9.65. The van der Waals surface area contributed by atoms with Crippen molar-refractivity contribution in [2.24, 2.45) is 0 Å². The highest BCUT2D eigenvalue weighted by atomic mass is 32.2. The number of sulfonamides is 1. The van der Waals surface area contributed by atoms with Crippen LogP contribution < -0.4 is 10.0 Å². The minimum Gasteiger partial charge on any atom is -0.358 e. The number of aromatic amines is 1. The van der Waals surface area contributed by atoms with E-state index in [-0.39, 0.29) is 16.2 Å². The van der Waals surface area contributed by atoms with E-state index in [9.17, 15) is 13.2 Å². The Morgan fingerprint density at radius 3 is 2.62 bits per heavy atom. The van der Waals surface area contributed by atoms with Crippen molar-refractivity contribution in [3.63, 3.8) is 0 Å². The van der Waals surface area contributed by atoms with Crippen LogP contribution in [0.25, 0.3) is 10.9 Å². The van der Waals surface area contributed by atoms with Gasteiger partial charge in [-0.3, -0.25) is 14.8 Å². The van der Waals surface area contributed by atoms with Gasteiger partial charge in [-0.1, -0.05) is 11.3 Å². The predicted molar refractivity (Wildman–Crippen MR) is 94.1 cm³/mol. The molecule has 126 valence electrons. The molecule has 0 aliphatic rings. The van der Waals surface area contributed by atoms with E-state index in [0.717, 1.165) is 39.8 Å². The van der Waals surface area contributed by atoms with E-state index < -0.39 is 10.0 Å². The van der Waals surface area contributed by atoms with Crippen molar-refractivity contribution in [2.75, 3.05) is 16.3 Å². The summed E-state index contributed by atoms with van der Waals surface area (Å²) in [5.74, 6) is -0.336. The fourth-order valence-corrected chi connectivity index (χ4v) is 3.71. The van der Waals surface area contributed by atoms with Crippen LogP contribution in [0.5, 0.6) is 0 Å². The SMILES string of the molecule is Cc1[nH]c2ccc(C(=O)Nc3nnc(NS(C)(=O)=O)s3)cc2c1C. The van der Waals surface area contributed by atoms with Gasteiger partial charge in [-0.05, 0) is 37.6 Å². The average molecular weight is 365 g/mol. The third-order valence-corrected chi connectivity index (χ3v) is 4.94. The van der Waals surface area contributed by atoms with Gasteiger partial charge in [-0.2, -0.15) is 0 Å². The quantitative estimate of drug-likeness (QED) is 0.656. The number of fused-ring (bicyclic) bond motifs is 1. The molecular weight excluding hydrogens is 350 g/mol. The summed E-state index contributed by atoms with van der Waals surface area (Å²) in [5.41, 5.74) is 3.60. The molecule has 0 atom stereocenters. The van der Waals surface area contributed by atoms with Gasteiger partial charge >= 0.3 is 0 Å². The predicted octanol–water partition coefficient (Wildman–Crippen LogP) is 2.26. The lowest BCUT2D eigenvalue weighted by atomic mass is 10.1. The summed E-state index contributed by atoms with van der Waals surface area (Å²) in [7, 11) is -3.43. The van der Waals surface area contributed by atoms with Crippen LogP contribution in [0.15, 0.2) is 18.2 Å². The zero-order valence-corrected chi connectivity index (χ0v) is 14.8. The molecule has 2 heterocycles. The van der Waals surface area contributed by atoms with Crippen LogP contribution >= 0.6 is 11.3 Å². The molecule has 24 heavy (non-hydrogen) atoms. The number of benzene rings is 1. The second-order valence-electron chi connectivity index (χ2n) is 5.38. The number of rotatable bonds is 4. The molecule has 0 aliphatic heterocycles. The Kier molecular flexibility index (Phi) is 4.01. The third-order valence-electron chi connectivity index (χ3n) is 3.49. The van der Waals surface area contributed by atoms with Crippen LogP contribution in [0.1, 0.15) is 21.6 Å². The Morgan fingerprint density at radius 1 is 1.21 bits per heavy atom. The number of H-pyrrole nitrogens is 1. The van der Waals surface area contributed by atoms with Crippen molar-refractivity contribution >= 4 is 48.4 Å². The summed E-state index contributed by atoms with van der Waals surface area (Å²) in [5, 5.41) is 11.3. The topological polar surface area (TPSA) is 117 Å². The van der Waals surface area contributed by atoms with E-state index in [2.05, 4.69) is 25.2 Å². The lowest BCUT2D eigenvalue weighted by Crippen LogP contribution is -2.11. The smallest absolute Gasteiger partial charge is 0.257 e. The van der Waals surface area contributed by atoms with Crippen molar-refractivity contribution < 1.29 is 13.2 Å². The minimum atomic E-state index is -3.43. The van der Waals surface area contributed by atoms with Crippen molar-refractivity contribution in [1.29, 1.82) is 0 Å². The van der Waals surface area contributed by atoms with E-state index in [0.29, 0.717) is 5.56 Å². The van der Waals surface area contributed by atoms with Gasteiger partial charge < -0.3 is 4.98 Å². The number of carbonyl (C=O) groups excluding carboxylic acids is 1. The zero-order valence-electron chi connectivity index (χ0n) is 13.2. The van der Waals surface area contributed by atoms with Crippen LogP contribution in [0, 0.1) is 13.8 Å². The lowest BCUT2D eigenvalue weighted by molar-refractivity contribution is 0.102. The van der Waals surface area contributed by atoms with Crippen LogP contribution in [0.3, 0.4) is 0 Å². The molecule has 1 aromatic carbocycles. The molecular formula is C14H15N5O3S2. The minimum absolute atomic E-state index is 0.0976. The van der Waals surface area contributed by atoms with Gasteiger partial charge in [0.1, 0.15) is 0 Å². The molecule has 0 fully saturated rings. The van der Waals surface area contributed by atoms with E-state index >= 15 is 0 Å². The number of hydrogen-bond donors (Lipinski definition) is 3. The monoisotopic (exact) mass is 365 g/mol. The summed E-state index contributed by atoms with van der Waals surface area (Å²) in [6.07, 6.45) is 1.02. The molecule has 3 aromatic rings. The molecule has 0 unspecified atom stereocenters. The molecule has 0 bridgehead atoms. The Bertz CT molecular complexity index is 1040. The highest BCUT2D eigenvalue weighted by Gasteiger charge is 2.14. The molecule has 0 saturated heterocycles. The maximum absolute atomic E-state index is 12.3. The molecule has 3 rings (SSSR count).